The van der Waals surface area contributed by atoms with Crippen molar-refractivity contribution in [1.29, 1.82) is 0 Å². The molecule has 0 saturated heterocycles. The summed E-state index contributed by atoms with van der Waals surface area (Å²) in [7, 11) is 2.19. The van der Waals surface area contributed by atoms with E-state index in [0.717, 1.165) is 12.5 Å². The molecule has 0 amide bonds. The minimum absolute atomic E-state index is 0.481. The second-order valence-electron chi connectivity index (χ2n) is 4.15. The molecular formula is C10H22N2. The van der Waals surface area contributed by atoms with Crippen LogP contribution in [-0.2, 0) is 0 Å². The molecule has 2 nitrogen and oxygen atoms in total. The topological polar surface area (TPSA) is 29.3 Å². The van der Waals surface area contributed by atoms with E-state index in [0.29, 0.717) is 6.04 Å². The van der Waals surface area contributed by atoms with E-state index in [2.05, 4.69) is 18.9 Å². The van der Waals surface area contributed by atoms with Crippen LogP contribution < -0.4 is 5.73 Å². The molecule has 0 aromatic carbocycles. The fourth-order valence-electron chi connectivity index (χ4n) is 2.07. The monoisotopic (exact) mass is 170 g/mol. The zero-order chi connectivity index (χ0) is 8.97. The highest BCUT2D eigenvalue weighted by atomic mass is 15.1. The van der Waals surface area contributed by atoms with Crippen molar-refractivity contribution in [2.24, 2.45) is 11.7 Å². The fourth-order valence-corrected chi connectivity index (χ4v) is 2.07. The summed E-state index contributed by atoms with van der Waals surface area (Å²) in [5, 5.41) is 0. The van der Waals surface area contributed by atoms with E-state index in [-0.39, 0.29) is 0 Å². The Balaban J connectivity index is 2.22. The summed E-state index contributed by atoms with van der Waals surface area (Å²) in [6.45, 7) is 4.61. The minimum Gasteiger partial charge on any atom is -0.328 e. The van der Waals surface area contributed by atoms with Crippen molar-refractivity contribution in [2.75, 3.05) is 20.1 Å². The summed E-state index contributed by atoms with van der Waals surface area (Å²) >= 11 is 0. The molecule has 0 heterocycles. The molecule has 1 aliphatic carbocycles. The molecule has 2 unspecified atom stereocenters. The van der Waals surface area contributed by atoms with Crippen LogP contribution in [0, 0.1) is 5.92 Å². The van der Waals surface area contributed by atoms with E-state index in [1.54, 1.807) is 0 Å². The first-order valence-corrected chi connectivity index (χ1v) is 5.16. The number of nitrogens with zero attached hydrogens (tertiary/aromatic N) is 1. The molecule has 1 fully saturated rings. The van der Waals surface area contributed by atoms with Crippen LogP contribution in [0.1, 0.15) is 32.6 Å². The molecule has 0 spiro atoms. The summed E-state index contributed by atoms with van der Waals surface area (Å²) in [6, 6.07) is 0.481. The smallest absolute Gasteiger partial charge is 0.00419 e. The average Bonchev–Trinajstić information content (AvgIpc) is 2.04. The van der Waals surface area contributed by atoms with Gasteiger partial charge in [0, 0.05) is 12.6 Å². The van der Waals surface area contributed by atoms with Crippen molar-refractivity contribution in [3.63, 3.8) is 0 Å². The highest BCUT2D eigenvalue weighted by Crippen LogP contribution is 2.23. The lowest BCUT2D eigenvalue weighted by atomic mass is 9.86. The summed E-state index contributed by atoms with van der Waals surface area (Å²) in [6.07, 6.45) is 5.21. The molecule has 2 N–H and O–H groups in total. The Morgan fingerprint density at radius 2 is 2.17 bits per heavy atom. The Bertz CT molecular complexity index is 125. The van der Waals surface area contributed by atoms with E-state index in [9.17, 15) is 0 Å². The predicted molar refractivity (Wildman–Crippen MR) is 53.1 cm³/mol. The fraction of sp³-hybridized carbons (Fsp3) is 1.00. The van der Waals surface area contributed by atoms with Gasteiger partial charge in [0.05, 0.1) is 0 Å². The molecule has 0 aliphatic heterocycles. The SMILES string of the molecule is CCN(C)CC1CCCC(N)C1. The quantitative estimate of drug-likeness (QED) is 0.694. The Labute approximate surface area is 76.1 Å². The van der Waals surface area contributed by atoms with Crippen molar-refractivity contribution in [2.45, 2.75) is 38.6 Å². The van der Waals surface area contributed by atoms with Crippen LogP contribution in [0.3, 0.4) is 0 Å². The molecule has 0 aromatic heterocycles. The first kappa shape index (κ1) is 10.0. The first-order valence-electron chi connectivity index (χ1n) is 5.16. The van der Waals surface area contributed by atoms with Gasteiger partial charge < -0.3 is 10.6 Å². The Kier molecular flexibility index (Phi) is 4.02. The van der Waals surface area contributed by atoms with Crippen molar-refractivity contribution >= 4 is 0 Å². The van der Waals surface area contributed by atoms with Gasteiger partial charge in [-0.1, -0.05) is 13.3 Å². The molecule has 72 valence electrons. The maximum atomic E-state index is 5.92. The lowest BCUT2D eigenvalue weighted by Crippen LogP contribution is -2.34. The largest absolute Gasteiger partial charge is 0.328 e. The number of hydrogen-bond donors (Lipinski definition) is 1. The molecule has 2 heteroatoms. The lowest BCUT2D eigenvalue weighted by molar-refractivity contribution is 0.228. The number of rotatable bonds is 3. The Morgan fingerprint density at radius 1 is 1.42 bits per heavy atom. The Morgan fingerprint density at radius 3 is 2.75 bits per heavy atom. The second kappa shape index (κ2) is 4.83. The molecular weight excluding hydrogens is 148 g/mol. The van der Waals surface area contributed by atoms with Gasteiger partial charge in [-0.3, -0.25) is 0 Å². The molecule has 0 radical (unpaired) electrons. The average molecular weight is 170 g/mol. The van der Waals surface area contributed by atoms with E-state index in [1.807, 2.05) is 0 Å². The minimum atomic E-state index is 0.481. The number of nitrogens with two attached hydrogens (primary N) is 1. The van der Waals surface area contributed by atoms with Crippen molar-refractivity contribution in [3.05, 3.63) is 0 Å². The van der Waals surface area contributed by atoms with Gasteiger partial charge >= 0.3 is 0 Å². The second-order valence-corrected chi connectivity index (χ2v) is 4.15. The highest BCUT2D eigenvalue weighted by molar-refractivity contribution is 4.76. The maximum absolute atomic E-state index is 5.92. The normalized spacial score (nSPS) is 31.0. The summed E-state index contributed by atoms with van der Waals surface area (Å²) < 4.78 is 0. The van der Waals surface area contributed by atoms with Gasteiger partial charge in [-0.15, -0.1) is 0 Å². The van der Waals surface area contributed by atoms with Gasteiger partial charge in [-0.2, -0.15) is 0 Å². The van der Waals surface area contributed by atoms with Crippen molar-refractivity contribution in [3.8, 4) is 0 Å². The van der Waals surface area contributed by atoms with Crippen LogP contribution in [0.4, 0.5) is 0 Å². The number of hydrogen-bond acceptors (Lipinski definition) is 2. The van der Waals surface area contributed by atoms with Crippen LogP contribution in [0.15, 0.2) is 0 Å². The Hall–Kier alpha value is -0.0800. The van der Waals surface area contributed by atoms with E-state index >= 15 is 0 Å². The van der Waals surface area contributed by atoms with Crippen molar-refractivity contribution in [1.82, 2.24) is 4.90 Å². The maximum Gasteiger partial charge on any atom is 0.00419 e. The standard InChI is InChI=1S/C10H22N2/c1-3-12(2)8-9-5-4-6-10(11)7-9/h9-10H,3-8,11H2,1-2H3. The van der Waals surface area contributed by atoms with Gasteiger partial charge in [0.1, 0.15) is 0 Å². The molecule has 0 aromatic rings. The molecule has 12 heavy (non-hydrogen) atoms. The first-order chi connectivity index (χ1) is 5.72. The van der Waals surface area contributed by atoms with Crippen LogP contribution in [0.5, 0.6) is 0 Å². The van der Waals surface area contributed by atoms with E-state index in [4.69, 9.17) is 5.73 Å². The highest BCUT2D eigenvalue weighted by Gasteiger charge is 2.19. The summed E-state index contributed by atoms with van der Waals surface area (Å²) in [5.41, 5.74) is 5.92. The van der Waals surface area contributed by atoms with E-state index < -0.39 is 0 Å². The van der Waals surface area contributed by atoms with Crippen LogP contribution in [0.25, 0.3) is 0 Å². The van der Waals surface area contributed by atoms with Gasteiger partial charge in [-0.05, 0) is 38.8 Å². The van der Waals surface area contributed by atoms with E-state index in [1.165, 1.54) is 32.2 Å². The van der Waals surface area contributed by atoms with Gasteiger partial charge in [0.15, 0.2) is 0 Å². The molecule has 1 aliphatic rings. The van der Waals surface area contributed by atoms with Crippen molar-refractivity contribution < 1.29 is 0 Å². The zero-order valence-electron chi connectivity index (χ0n) is 8.42. The van der Waals surface area contributed by atoms with Crippen LogP contribution >= 0.6 is 0 Å². The van der Waals surface area contributed by atoms with Gasteiger partial charge in [0.2, 0.25) is 0 Å². The predicted octanol–water partition coefficient (Wildman–Crippen LogP) is 1.46. The molecule has 1 saturated carbocycles. The zero-order valence-corrected chi connectivity index (χ0v) is 8.42. The molecule has 2 atom stereocenters. The van der Waals surface area contributed by atoms with Gasteiger partial charge in [0.25, 0.3) is 0 Å². The lowest BCUT2D eigenvalue weighted by Gasteiger charge is -2.29. The summed E-state index contributed by atoms with van der Waals surface area (Å²) in [5.74, 6) is 0.860. The summed E-state index contributed by atoms with van der Waals surface area (Å²) in [4.78, 5) is 2.39. The molecule has 0 bridgehead atoms. The third-order valence-electron chi connectivity index (χ3n) is 2.93. The third-order valence-corrected chi connectivity index (χ3v) is 2.93. The third kappa shape index (κ3) is 3.11. The van der Waals surface area contributed by atoms with Crippen LogP contribution in [0.2, 0.25) is 0 Å². The molecule has 1 rings (SSSR count). The van der Waals surface area contributed by atoms with Gasteiger partial charge in [-0.25, -0.2) is 0 Å². The van der Waals surface area contributed by atoms with Crippen LogP contribution in [-0.4, -0.2) is 31.1 Å².